The molecule has 1 aliphatic heterocycles. The minimum atomic E-state index is -0.584. The van der Waals surface area contributed by atoms with E-state index in [-0.39, 0.29) is 11.8 Å². The van der Waals surface area contributed by atoms with Gasteiger partial charge in [0.2, 0.25) is 5.91 Å². The summed E-state index contributed by atoms with van der Waals surface area (Å²) < 4.78 is 5.32. The van der Waals surface area contributed by atoms with Crippen LogP contribution in [0.5, 0.6) is 0 Å². The molecular weight excluding hydrogens is 282 g/mol. The zero-order valence-electron chi connectivity index (χ0n) is 13.1. The first-order chi connectivity index (χ1) is 10.5. The van der Waals surface area contributed by atoms with E-state index in [1.165, 1.54) is 4.90 Å². The summed E-state index contributed by atoms with van der Waals surface area (Å²) in [7, 11) is 3.39. The van der Waals surface area contributed by atoms with Gasteiger partial charge in [0.25, 0.3) is 5.91 Å². The van der Waals surface area contributed by atoms with Crippen molar-refractivity contribution in [3.05, 3.63) is 29.8 Å². The van der Waals surface area contributed by atoms with Crippen LogP contribution in [0.4, 0.5) is 5.69 Å². The van der Waals surface area contributed by atoms with E-state index >= 15 is 0 Å². The molecule has 0 spiro atoms. The van der Waals surface area contributed by atoms with E-state index in [4.69, 9.17) is 10.5 Å². The Hall–Kier alpha value is -1.92. The monoisotopic (exact) mass is 305 g/mol. The molecule has 0 aliphatic carbocycles. The molecule has 1 heterocycles. The molecule has 0 radical (unpaired) electrons. The molecule has 1 fully saturated rings. The van der Waals surface area contributed by atoms with Gasteiger partial charge in [0, 0.05) is 45.1 Å². The predicted molar refractivity (Wildman–Crippen MR) is 84.6 cm³/mol. The molecule has 1 saturated heterocycles. The van der Waals surface area contributed by atoms with Crippen LogP contribution in [0.15, 0.2) is 24.3 Å². The minimum Gasteiger partial charge on any atom is -0.381 e. The Kier molecular flexibility index (Phi) is 5.15. The van der Waals surface area contributed by atoms with Crippen LogP contribution in [-0.2, 0) is 9.53 Å². The van der Waals surface area contributed by atoms with Gasteiger partial charge in [0.1, 0.15) is 0 Å². The van der Waals surface area contributed by atoms with Gasteiger partial charge in [0.15, 0.2) is 0 Å². The van der Waals surface area contributed by atoms with Crippen LogP contribution in [0.25, 0.3) is 0 Å². The smallest absolute Gasteiger partial charge is 0.253 e. The van der Waals surface area contributed by atoms with Crippen molar-refractivity contribution in [3.63, 3.8) is 0 Å². The normalized spacial score (nSPS) is 16.9. The van der Waals surface area contributed by atoms with Gasteiger partial charge in [-0.05, 0) is 31.0 Å². The lowest BCUT2D eigenvalue weighted by Gasteiger charge is -2.34. The van der Waals surface area contributed by atoms with E-state index < -0.39 is 5.41 Å². The number of carbonyl (C=O) groups excluding carboxylic acids is 2. The third kappa shape index (κ3) is 3.45. The van der Waals surface area contributed by atoms with Gasteiger partial charge in [-0.3, -0.25) is 9.59 Å². The number of anilines is 1. The molecule has 0 atom stereocenters. The van der Waals surface area contributed by atoms with Crippen LogP contribution >= 0.6 is 0 Å². The van der Waals surface area contributed by atoms with Crippen molar-refractivity contribution in [1.82, 2.24) is 4.90 Å². The first-order valence-corrected chi connectivity index (χ1v) is 7.39. The lowest BCUT2D eigenvalue weighted by atomic mass is 9.79. The maximum atomic E-state index is 12.6. The number of benzene rings is 1. The fourth-order valence-corrected chi connectivity index (χ4v) is 2.54. The number of carbonyl (C=O) groups is 2. The van der Waals surface area contributed by atoms with E-state index in [0.717, 1.165) is 0 Å². The molecule has 120 valence electrons. The van der Waals surface area contributed by atoms with Crippen LogP contribution in [0.2, 0.25) is 0 Å². The highest BCUT2D eigenvalue weighted by atomic mass is 16.5. The lowest BCUT2D eigenvalue weighted by molar-refractivity contribution is -0.130. The van der Waals surface area contributed by atoms with Gasteiger partial charge in [0.05, 0.1) is 5.41 Å². The molecule has 2 rings (SSSR count). The van der Waals surface area contributed by atoms with E-state index in [1.807, 2.05) is 0 Å². The van der Waals surface area contributed by atoms with Crippen molar-refractivity contribution < 1.29 is 14.3 Å². The van der Waals surface area contributed by atoms with Crippen LogP contribution in [-0.4, -0.2) is 50.6 Å². The van der Waals surface area contributed by atoms with Crippen LogP contribution in [0.3, 0.4) is 0 Å². The average Bonchev–Trinajstić information content (AvgIpc) is 2.54. The molecular formula is C16H23N3O3. The second-order valence-corrected chi connectivity index (χ2v) is 5.83. The Morgan fingerprint density at radius 3 is 2.59 bits per heavy atom. The zero-order chi connectivity index (χ0) is 16.2. The number of nitrogens with two attached hydrogens (primary N) is 1. The number of hydrogen-bond donors (Lipinski definition) is 2. The number of rotatable bonds is 4. The Labute approximate surface area is 130 Å². The number of ether oxygens (including phenoxy) is 1. The molecule has 6 heteroatoms. The first-order valence-electron chi connectivity index (χ1n) is 7.39. The predicted octanol–water partition coefficient (Wildman–Crippen LogP) is 1.08. The van der Waals surface area contributed by atoms with E-state index in [2.05, 4.69) is 5.32 Å². The molecule has 0 unspecified atom stereocenters. The van der Waals surface area contributed by atoms with Gasteiger partial charge in [-0.1, -0.05) is 6.07 Å². The molecule has 6 nitrogen and oxygen atoms in total. The fourth-order valence-electron chi connectivity index (χ4n) is 2.54. The standard InChI is InChI=1S/C16H23N3O3/c1-19(2)14(20)12-4-3-5-13(10-12)18-15(21)16(11-17)6-8-22-9-7-16/h3-5,10H,6-9,11,17H2,1-2H3,(H,18,21). The second kappa shape index (κ2) is 6.89. The van der Waals surface area contributed by atoms with Crippen LogP contribution < -0.4 is 11.1 Å². The van der Waals surface area contributed by atoms with Crippen molar-refractivity contribution >= 4 is 17.5 Å². The molecule has 0 saturated carbocycles. The molecule has 3 N–H and O–H groups in total. The Bertz CT molecular complexity index is 551. The summed E-state index contributed by atoms with van der Waals surface area (Å²) in [5.74, 6) is -0.205. The fraction of sp³-hybridized carbons (Fsp3) is 0.500. The highest BCUT2D eigenvalue weighted by Gasteiger charge is 2.38. The summed E-state index contributed by atoms with van der Waals surface area (Å²) in [6.45, 7) is 1.38. The molecule has 22 heavy (non-hydrogen) atoms. The summed E-state index contributed by atoms with van der Waals surface area (Å²) in [6, 6.07) is 6.94. The first kappa shape index (κ1) is 16.5. The number of hydrogen-bond acceptors (Lipinski definition) is 4. The average molecular weight is 305 g/mol. The molecule has 1 aromatic rings. The van der Waals surface area contributed by atoms with Gasteiger partial charge < -0.3 is 20.7 Å². The summed E-state index contributed by atoms with van der Waals surface area (Å²) in [4.78, 5) is 26.1. The highest BCUT2D eigenvalue weighted by Crippen LogP contribution is 2.31. The highest BCUT2D eigenvalue weighted by molar-refractivity contribution is 5.98. The molecule has 0 bridgehead atoms. The van der Waals surface area contributed by atoms with Crippen molar-refractivity contribution in [2.45, 2.75) is 12.8 Å². The minimum absolute atomic E-state index is 0.101. The molecule has 2 amide bonds. The second-order valence-electron chi connectivity index (χ2n) is 5.83. The Morgan fingerprint density at radius 2 is 2.00 bits per heavy atom. The van der Waals surface area contributed by atoms with Crippen molar-refractivity contribution in [1.29, 1.82) is 0 Å². The Balaban J connectivity index is 2.14. The van der Waals surface area contributed by atoms with E-state index in [1.54, 1.807) is 38.4 Å². The third-order valence-electron chi connectivity index (χ3n) is 4.10. The third-order valence-corrected chi connectivity index (χ3v) is 4.10. The van der Waals surface area contributed by atoms with Gasteiger partial charge in [-0.25, -0.2) is 0 Å². The largest absolute Gasteiger partial charge is 0.381 e. The van der Waals surface area contributed by atoms with Crippen LogP contribution in [0.1, 0.15) is 23.2 Å². The summed E-state index contributed by atoms with van der Waals surface area (Å²) in [5.41, 5.74) is 6.40. The van der Waals surface area contributed by atoms with E-state index in [9.17, 15) is 9.59 Å². The number of amides is 2. The van der Waals surface area contributed by atoms with Gasteiger partial charge in [-0.15, -0.1) is 0 Å². The summed E-state index contributed by atoms with van der Waals surface area (Å²) in [6.07, 6.45) is 1.23. The number of nitrogens with zero attached hydrogens (tertiary/aromatic N) is 1. The van der Waals surface area contributed by atoms with Crippen LogP contribution in [0, 0.1) is 5.41 Å². The lowest BCUT2D eigenvalue weighted by Crippen LogP contribution is -2.46. The summed E-state index contributed by atoms with van der Waals surface area (Å²) in [5, 5.41) is 2.89. The number of nitrogens with one attached hydrogen (secondary N) is 1. The van der Waals surface area contributed by atoms with E-state index in [0.29, 0.717) is 43.9 Å². The van der Waals surface area contributed by atoms with Crippen molar-refractivity contribution in [2.75, 3.05) is 39.2 Å². The molecule has 0 aromatic heterocycles. The molecule has 1 aromatic carbocycles. The SMILES string of the molecule is CN(C)C(=O)c1cccc(NC(=O)C2(CN)CCOCC2)c1. The quantitative estimate of drug-likeness (QED) is 0.872. The topological polar surface area (TPSA) is 84.7 Å². The van der Waals surface area contributed by atoms with Gasteiger partial charge >= 0.3 is 0 Å². The zero-order valence-corrected chi connectivity index (χ0v) is 13.1. The van der Waals surface area contributed by atoms with Crippen molar-refractivity contribution in [2.24, 2.45) is 11.1 Å². The van der Waals surface area contributed by atoms with Gasteiger partial charge in [-0.2, -0.15) is 0 Å². The summed E-state index contributed by atoms with van der Waals surface area (Å²) >= 11 is 0. The maximum absolute atomic E-state index is 12.6. The Morgan fingerprint density at radius 1 is 1.32 bits per heavy atom. The molecule has 1 aliphatic rings. The van der Waals surface area contributed by atoms with Crippen molar-refractivity contribution in [3.8, 4) is 0 Å². The maximum Gasteiger partial charge on any atom is 0.253 e.